The molecule has 0 unspecified atom stereocenters. The second-order valence-electron chi connectivity index (χ2n) is 4.14. The Kier molecular flexibility index (Phi) is 1.96. The third kappa shape index (κ3) is 1.41. The Morgan fingerprint density at radius 2 is 2.07 bits per heavy atom. The Labute approximate surface area is 88.6 Å². The van der Waals surface area contributed by atoms with Crippen molar-refractivity contribution < 1.29 is 5.11 Å². The zero-order chi connectivity index (χ0) is 10.3. The summed E-state index contributed by atoms with van der Waals surface area (Å²) in [5.41, 5.74) is 3.30. The van der Waals surface area contributed by atoms with Crippen molar-refractivity contribution in [3.05, 3.63) is 41.6 Å². The second-order valence-corrected chi connectivity index (χ2v) is 4.14. The van der Waals surface area contributed by atoms with Crippen molar-refractivity contribution in [2.45, 2.75) is 25.4 Å². The molecule has 1 aromatic heterocycles. The van der Waals surface area contributed by atoms with Gasteiger partial charge in [0.15, 0.2) is 0 Å². The van der Waals surface area contributed by atoms with E-state index in [1.807, 2.05) is 30.5 Å². The summed E-state index contributed by atoms with van der Waals surface area (Å²) in [5, 5.41) is 10.6. The lowest BCUT2D eigenvalue weighted by molar-refractivity contribution is 0.282. The largest absolute Gasteiger partial charge is 0.392 e. The van der Waals surface area contributed by atoms with Gasteiger partial charge < -0.3 is 5.11 Å². The van der Waals surface area contributed by atoms with Crippen LogP contribution >= 0.6 is 0 Å². The molecule has 0 spiro atoms. The van der Waals surface area contributed by atoms with Crippen LogP contribution in [0.1, 0.15) is 29.9 Å². The molecule has 76 valence electrons. The van der Waals surface area contributed by atoms with Crippen LogP contribution < -0.4 is 0 Å². The predicted molar refractivity (Wildman–Crippen MR) is 59.6 cm³/mol. The number of aliphatic hydroxyl groups excluding tert-OH is 1. The highest BCUT2D eigenvalue weighted by Gasteiger charge is 2.26. The molecule has 1 aliphatic rings. The van der Waals surface area contributed by atoms with Gasteiger partial charge in [-0.15, -0.1) is 0 Å². The van der Waals surface area contributed by atoms with Crippen molar-refractivity contribution >= 4 is 10.9 Å². The van der Waals surface area contributed by atoms with E-state index in [9.17, 15) is 5.11 Å². The molecule has 0 saturated heterocycles. The summed E-state index contributed by atoms with van der Waals surface area (Å²) < 4.78 is 0. The first-order valence-corrected chi connectivity index (χ1v) is 5.37. The molecule has 0 aliphatic heterocycles. The number of aliphatic hydroxyl groups is 1. The van der Waals surface area contributed by atoms with E-state index in [2.05, 4.69) is 4.98 Å². The van der Waals surface area contributed by atoms with Gasteiger partial charge in [0.05, 0.1) is 12.1 Å². The number of hydrogen-bond donors (Lipinski definition) is 1. The number of nitrogens with zero attached hydrogens (tertiary/aromatic N) is 1. The van der Waals surface area contributed by atoms with Gasteiger partial charge in [-0.2, -0.15) is 0 Å². The minimum absolute atomic E-state index is 0.120. The highest BCUT2D eigenvalue weighted by atomic mass is 16.3. The van der Waals surface area contributed by atoms with E-state index in [0.717, 1.165) is 16.5 Å². The molecule has 3 rings (SSSR count). The SMILES string of the molecule is OCc1c(C2CC2)cnc2ccccc12. The number of fused-ring (bicyclic) bond motifs is 1. The maximum Gasteiger partial charge on any atom is 0.0705 e. The van der Waals surface area contributed by atoms with Crippen LogP contribution in [0, 0.1) is 0 Å². The molecule has 1 aliphatic carbocycles. The van der Waals surface area contributed by atoms with Gasteiger partial charge in [0.1, 0.15) is 0 Å². The van der Waals surface area contributed by atoms with Crippen molar-refractivity contribution in [1.29, 1.82) is 0 Å². The van der Waals surface area contributed by atoms with Gasteiger partial charge in [-0.1, -0.05) is 18.2 Å². The quantitative estimate of drug-likeness (QED) is 0.806. The topological polar surface area (TPSA) is 33.1 Å². The molecule has 1 heterocycles. The normalized spacial score (nSPS) is 15.8. The van der Waals surface area contributed by atoms with Crippen LogP contribution in [-0.2, 0) is 6.61 Å². The van der Waals surface area contributed by atoms with Crippen LogP contribution in [0.2, 0.25) is 0 Å². The maximum atomic E-state index is 9.47. The van der Waals surface area contributed by atoms with Crippen LogP contribution in [-0.4, -0.2) is 10.1 Å². The molecule has 1 N–H and O–H groups in total. The Morgan fingerprint density at radius 3 is 2.80 bits per heavy atom. The summed E-state index contributed by atoms with van der Waals surface area (Å²) in [7, 11) is 0. The molecule has 2 heteroatoms. The molecule has 2 aromatic rings. The molecule has 1 fully saturated rings. The summed E-state index contributed by atoms with van der Waals surface area (Å²) in [5.74, 6) is 0.643. The Hall–Kier alpha value is -1.41. The number of para-hydroxylation sites is 1. The van der Waals surface area contributed by atoms with E-state index in [-0.39, 0.29) is 6.61 Å². The van der Waals surface area contributed by atoms with Gasteiger partial charge in [0.2, 0.25) is 0 Å². The predicted octanol–water partition coefficient (Wildman–Crippen LogP) is 2.60. The molecule has 1 saturated carbocycles. The molecule has 15 heavy (non-hydrogen) atoms. The van der Waals surface area contributed by atoms with Crippen LogP contribution in [0.4, 0.5) is 0 Å². The zero-order valence-corrected chi connectivity index (χ0v) is 8.48. The summed E-state index contributed by atoms with van der Waals surface area (Å²) in [4.78, 5) is 4.44. The number of rotatable bonds is 2. The van der Waals surface area contributed by atoms with E-state index in [4.69, 9.17) is 0 Å². The van der Waals surface area contributed by atoms with Gasteiger partial charge in [-0.05, 0) is 36.0 Å². The third-order valence-corrected chi connectivity index (χ3v) is 3.10. The van der Waals surface area contributed by atoms with Crippen molar-refractivity contribution in [3.8, 4) is 0 Å². The number of hydrogen-bond acceptors (Lipinski definition) is 2. The number of pyridine rings is 1. The summed E-state index contributed by atoms with van der Waals surface area (Å²) in [6.45, 7) is 0.120. The van der Waals surface area contributed by atoms with Crippen molar-refractivity contribution in [3.63, 3.8) is 0 Å². The molecular weight excluding hydrogens is 186 g/mol. The first-order chi connectivity index (χ1) is 7.40. The monoisotopic (exact) mass is 199 g/mol. The van der Waals surface area contributed by atoms with Gasteiger partial charge in [-0.3, -0.25) is 4.98 Å². The smallest absolute Gasteiger partial charge is 0.0705 e. The summed E-state index contributed by atoms with van der Waals surface area (Å²) in [6, 6.07) is 8.01. The molecule has 0 atom stereocenters. The fraction of sp³-hybridized carbons (Fsp3) is 0.308. The Balaban J connectivity index is 2.29. The number of benzene rings is 1. The average Bonchev–Trinajstić information content (AvgIpc) is 3.11. The van der Waals surface area contributed by atoms with Crippen LogP contribution in [0.15, 0.2) is 30.5 Å². The Bertz CT molecular complexity index is 503. The average molecular weight is 199 g/mol. The molecule has 0 amide bonds. The van der Waals surface area contributed by atoms with Crippen molar-refractivity contribution in [2.75, 3.05) is 0 Å². The lowest BCUT2D eigenvalue weighted by Crippen LogP contribution is -1.95. The van der Waals surface area contributed by atoms with Crippen molar-refractivity contribution in [1.82, 2.24) is 4.98 Å². The maximum absolute atomic E-state index is 9.47. The van der Waals surface area contributed by atoms with Crippen molar-refractivity contribution in [2.24, 2.45) is 0 Å². The minimum atomic E-state index is 0.120. The standard InChI is InChI=1S/C13H13NO/c15-8-12-10-3-1-2-4-13(10)14-7-11(12)9-5-6-9/h1-4,7,9,15H,5-6,8H2. The van der Waals surface area contributed by atoms with Gasteiger partial charge in [-0.25, -0.2) is 0 Å². The summed E-state index contributed by atoms with van der Waals surface area (Å²) in [6.07, 6.45) is 4.42. The highest BCUT2D eigenvalue weighted by Crippen LogP contribution is 2.42. The first kappa shape index (κ1) is 8.86. The molecule has 0 bridgehead atoms. The van der Waals surface area contributed by atoms with Crippen LogP contribution in [0.5, 0.6) is 0 Å². The van der Waals surface area contributed by atoms with E-state index in [0.29, 0.717) is 5.92 Å². The van der Waals surface area contributed by atoms with E-state index in [1.165, 1.54) is 18.4 Å². The molecular formula is C13H13NO. The highest BCUT2D eigenvalue weighted by molar-refractivity contribution is 5.83. The van der Waals surface area contributed by atoms with E-state index in [1.54, 1.807) is 0 Å². The van der Waals surface area contributed by atoms with Gasteiger partial charge >= 0.3 is 0 Å². The fourth-order valence-corrected chi connectivity index (χ4v) is 2.14. The first-order valence-electron chi connectivity index (χ1n) is 5.37. The summed E-state index contributed by atoms with van der Waals surface area (Å²) >= 11 is 0. The number of aromatic nitrogens is 1. The van der Waals surface area contributed by atoms with Gasteiger partial charge in [0.25, 0.3) is 0 Å². The lowest BCUT2D eigenvalue weighted by atomic mass is 10.0. The lowest BCUT2D eigenvalue weighted by Gasteiger charge is -2.09. The molecule has 0 radical (unpaired) electrons. The minimum Gasteiger partial charge on any atom is -0.392 e. The third-order valence-electron chi connectivity index (χ3n) is 3.10. The second kappa shape index (κ2) is 3.31. The van der Waals surface area contributed by atoms with Gasteiger partial charge in [0, 0.05) is 11.6 Å². The molecule has 1 aromatic carbocycles. The van der Waals surface area contributed by atoms with Crippen LogP contribution in [0.25, 0.3) is 10.9 Å². The fourth-order valence-electron chi connectivity index (χ4n) is 2.14. The van der Waals surface area contributed by atoms with E-state index >= 15 is 0 Å². The molecule has 2 nitrogen and oxygen atoms in total. The van der Waals surface area contributed by atoms with E-state index < -0.39 is 0 Å². The zero-order valence-electron chi connectivity index (χ0n) is 8.48. The van der Waals surface area contributed by atoms with Crippen LogP contribution in [0.3, 0.4) is 0 Å². The Morgan fingerprint density at radius 1 is 1.27 bits per heavy atom.